The number of allylic oxidation sites excluding steroid dienone is 2. The number of hydrogen-bond donors (Lipinski definition) is 2. The number of aliphatic hydroxyl groups is 2. The monoisotopic (exact) mass is 384 g/mol. The third kappa shape index (κ3) is 5.89. The van der Waals surface area contributed by atoms with Gasteiger partial charge in [0.25, 0.3) is 0 Å². The van der Waals surface area contributed by atoms with Crippen molar-refractivity contribution < 1.29 is 24.5 Å². The highest BCUT2D eigenvalue weighted by Gasteiger charge is 2.34. The highest BCUT2D eigenvalue weighted by molar-refractivity contribution is 5.91. The van der Waals surface area contributed by atoms with Crippen molar-refractivity contribution in [2.24, 2.45) is 0 Å². The molecule has 1 aromatic rings. The van der Waals surface area contributed by atoms with E-state index in [-0.39, 0.29) is 5.57 Å². The second-order valence-corrected chi connectivity index (χ2v) is 7.17. The summed E-state index contributed by atoms with van der Waals surface area (Å²) in [5, 5.41) is 19.5. The van der Waals surface area contributed by atoms with Crippen LogP contribution < -0.4 is 0 Å². The first kappa shape index (κ1) is 20.5. The van der Waals surface area contributed by atoms with Gasteiger partial charge in [0.05, 0.1) is 11.7 Å². The van der Waals surface area contributed by atoms with Gasteiger partial charge in [-0.15, -0.1) is 0 Å². The Morgan fingerprint density at radius 3 is 2.61 bits per heavy atom. The predicted octanol–water partition coefficient (Wildman–Crippen LogP) is 3.57. The number of carbonyl (C=O) groups is 1. The molecule has 0 saturated heterocycles. The van der Waals surface area contributed by atoms with Crippen molar-refractivity contribution in [1.82, 2.24) is 0 Å². The lowest BCUT2D eigenvalue weighted by molar-refractivity contribution is -0.154. The van der Waals surface area contributed by atoms with Gasteiger partial charge in [-0.1, -0.05) is 55.0 Å². The molecule has 0 bridgehead atoms. The van der Waals surface area contributed by atoms with Gasteiger partial charge in [-0.05, 0) is 55.7 Å². The van der Waals surface area contributed by atoms with Crippen LogP contribution in [0.3, 0.4) is 0 Å². The Bertz CT molecular complexity index is 735. The predicted molar refractivity (Wildman–Crippen MR) is 106 cm³/mol. The van der Waals surface area contributed by atoms with Crippen LogP contribution in [0.15, 0.2) is 65.8 Å². The molecule has 1 aromatic carbocycles. The van der Waals surface area contributed by atoms with Crippen molar-refractivity contribution >= 4 is 5.97 Å². The first-order valence-electron chi connectivity index (χ1n) is 9.95. The smallest absolute Gasteiger partial charge is 0.339 e. The number of carbonyl (C=O) groups excluding carboxylic acids is 1. The highest BCUT2D eigenvalue weighted by atomic mass is 16.6. The van der Waals surface area contributed by atoms with E-state index in [9.17, 15) is 15.0 Å². The van der Waals surface area contributed by atoms with E-state index in [4.69, 9.17) is 4.74 Å². The first-order chi connectivity index (χ1) is 13.6. The molecule has 3 rings (SSSR count). The average molecular weight is 384 g/mol. The Labute approximate surface area is 166 Å². The minimum absolute atomic E-state index is 0.282. The Morgan fingerprint density at radius 2 is 1.89 bits per heavy atom. The fourth-order valence-electron chi connectivity index (χ4n) is 3.48. The topological polar surface area (TPSA) is 76.0 Å². The second kappa shape index (κ2) is 10.4. The SMILES string of the molecule is O=C1OC(O)C=C1C1CC=C(CCCCCC=CCc2ccccc2)C(O)O1. The molecule has 2 heterocycles. The van der Waals surface area contributed by atoms with Crippen LogP contribution in [0.2, 0.25) is 0 Å². The van der Waals surface area contributed by atoms with Gasteiger partial charge in [-0.2, -0.15) is 0 Å². The first-order valence-corrected chi connectivity index (χ1v) is 9.95. The summed E-state index contributed by atoms with van der Waals surface area (Å²) in [6.45, 7) is 0. The molecule has 0 amide bonds. The van der Waals surface area contributed by atoms with Gasteiger partial charge in [0.1, 0.15) is 0 Å². The van der Waals surface area contributed by atoms with Gasteiger partial charge >= 0.3 is 5.97 Å². The third-order valence-electron chi connectivity index (χ3n) is 5.04. The molecule has 0 spiro atoms. The standard InChI is InChI=1S/C23H28O5/c24-21-16-19(23(26)28-21)20-15-14-18(22(25)27-20)13-9-4-2-1-3-6-10-17-11-7-5-8-12-17/h3,5-8,11-12,14,16,20-22,24-25H,1-2,4,9-10,13,15H2. The van der Waals surface area contributed by atoms with Gasteiger partial charge in [-0.25, -0.2) is 4.79 Å². The Morgan fingerprint density at radius 1 is 1.07 bits per heavy atom. The summed E-state index contributed by atoms with van der Waals surface area (Å²) in [4.78, 5) is 11.6. The number of rotatable bonds is 9. The van der Waals surface area contributed by atoms with Crippen LogP contribution in [-0.2, 0) is 20.7 Å². The lowest BCUT2D eigenvalue weighted by atomic mass is 9.98. The molecule has 0 aromatic heterocycles. The van der Waals surface area contributed by atoms with Crippen molar-refractivity contribution in [2.75, 3.05) is 0 Å². The Balaban J connectivity index is 1.32. The second-order valence-electron chi connectivity index (χ2n) is 7.17. The zero-order valence-electron chi connectivity index (χ0n) is 16.0. The molecule has 0 saturated carbocycles. The summed E-state index contributed by atoms with van der Waals surface area (Å²) in [5.41, 5.74) is 2.47. The summed E-state index contributed by atoms with van der Waals surface area (Å²) in [6, 6.07) is 10.4. The van der Waals surface area contributed by atoms with Crippen LogP contribution in [0.1, 0.15) is 44.1 Å². The van der Waals surface area contributed by atoms with Gasteiger partial charge in [0.15, 0.2) is 6.29 Å². The van der Waals surface area contributed by atoms with Crippen molar-refractivity contribution in [2.45, 2.75) is 63.6 Å². The molecule has 2 aliphatic rings. The minimum atomic E-state index is -1.21. The van der Waals surface area contributed by atoms with Crippen molar-refractivity contribution in [3.05, 3.63) is 71.3 Å². The molecule has 5 nitrogen and oxygen atoms in total. The molecule has 2 N–H and O–H groups in total. The number of hydrogen-bond acceptors (Lipinski definition) is 5. The van der Waals surface area contributed by atoms with E-state index in [0.29, 0.717) is 6.42 Å². The van der Waals surface area contributed by atoms with Crippen molar-refractivity contribution in [3.8, 4) is 0 Å². The van der Waals surface area contributed by atoms with Crippen molar-refractivity contribution in [1.29, 1.82) is 0 Å². The zero-order valence-corrected chi connectivity index (χ0v) is 16.0. The number of unbranched alkanes of at least 4 members (excludes halogenated alkanes) is 3. The molecule has 28 heavy (non-hydrogen) atoms. The molecule has 0 fully saturated rings. The van der Waals surface area contributed by atoms with E-state index >= 15 is 0 Å². The maximum absolute atomic E-state index is 11.6. The number of cyclic esters (lactones) is 1. The fraction of sp³-hybridized carbons (Fsp3) is 0.435. The molecule has 0 radical (unpaired) electrons. The van der Waals surface area contributed by atoms with Crippen LogP contribution >= 0.6 is 0 Å². The quantitative estimate of drug-likeness (QED) is 0.387. The van der Waals surface area contributed by atoms with E-state index in [1.807, 2.05) is 12.1 Å². The fourth-order valence-corrected chi connectivity index (χ4v) is 3.48. The average Bonchev–Trinajstić information content (AvgIpc) is 3.04. The van der Waals surface area contributed by atoms with Crippen LogP contribution in [0.4, 0.5) is 0 Å². The molecule has 5 heteroatoms. The molecule has 3 atom stereocenters. The summed E-state index contributed by atoms with van der Waals surface area (Å²) in [7, 11) is 0. The summed E-state index contributed by atoms with van der Waals surface area (Å²) in [6.07, 6.45) is 11.5. The van der Waals surface area contributed by atoms with Gasteiger partial charge in [0, 0.05) is 0 Å². The van der Waals surface area contributed by atoms with E-state index in [0.717, 1.165) is 44.1 Å². The van der Waals surface area contributed by atoms with E-state index in [1.165, 1.54) is 11.6 Å². The van der Waals surface area contributed by atoms with Crippen LogP contribution in [-0.4, -0.2) is 34.9 Å². The number of esters is 1. The number of benzene rings is 1. The van der Waals surface area contributed by atoms with E-state index in [1.54, 1.807) is 0 Å². The third-order valence-corrected chi connectivity index (χ3v) is 5.04. The Kier molecular flexibility index (Phi) is 7.60. The van der Waals surface area contributed by atoms with Crippen molar-refractivity contribution in [3.63, 3.8) is 0 Å². The number of aliphatic hydroxyl groups excluding tert-OH is 2. The number of ether oxygens (including phenoxy) is 2. The minimum Gasteiger partial charge on any atom is -0.429 e. The molecule has 0 aliphatic carbocycles. The lowest BCUT2D eigenvalue weighted by Crippen LogP contribution is -2.30. The van der Waals surface area contributed by atoms with Crippen LogP contribution in [0, 0.1) is 0 Å². The normalized spacial score (nSPS) is 24.9. The highest BCUT2D eigenvalue weighted by Crippen LogP contribution is 2.29. The van der Waals surface area contributed by atoms with E-state index in [2.05, 4.69) is 41.2 Å². The molecular formula is C23H28O5. The summed E-state index contributed by atoms with van der Waals surface area (Å²) >= 11 is 0. The largest absolute Gasteiger partial charge is 0.429 e. The zero-order chi connectivity index (χ0) is 19.8. The Hall–Kier alpha value is -2.21. The summed E-state index contributed by atoms with van der Waals surface area (Å²) < 4.78 is 10.2. The van der Waals surface area contributed by atoms with Gasteiger partial charge in [0.2, 0.25) is 6.29 Å². The molecule has 150 valence electrons. The van der Waals surface area contributed by atoms with Crippen LogP contribution in [0.5, 0.6) is 0 Å². The molecule has 3 unspecified atom stereocenters. The maximum atomic E-state index is 11.6. The molecular weight excluding hydrogens is 356 g/mol. The van der Waals surface area contributed by atoms with E-state index < -0.39 is 24.7 Å². The lowest BCUT2D eigenvalue weighted by Gasteiger charge is -2.27. The van der Waals surface area contributed by atoms with Crippen LogP contribution in [0.25, 0.3) is 0 Å². The van der Waals surface area contributed by atoms with Gasteiger partial charge in [-0.3, -0.25) is 0 Å². The summed E-state index contributed by atoms with van der Waals surface area (Å²) in [5.74, 6) is -0.582. The van der Waals surface area contributed by atoms with Gasteiger partial charge < -0.3 is 19.7 Å². The molecule has 2 aliphatic heterocycles. The maximum Gasteiger partial charge on any atom is 0.339 e.